The van der Waals surface area contributed by atoms with Crippen LogP contribution in [0.5, 0.6) is 0 Å². The molecule has 2 heterocycles. The van der Waals surface area contributed by atoms with E-state index in [-0.39, 0.29) is 23.6 Å². The Morgan fingerprint density at radius 2 is 1.69 bits per heavy atom. The minimum absolute atomic E-state index is 0.0219. The van der Waals surface area contributed by atoms with E-state index in [4.69, 9.17) is 14.0 Å². The fourth-order valence-electron chi connectivity index (χ4n) is 2.90. The Kier molecular flexibility index (Phi) is 2.10. The van der Waals surface area contributed by atoms with Crippen molar-refractivity contribution in [3.63, 3.8) is 0 Å². The van der Waals surface area contributed by atoms with Crippen LogP contribution in [0.15, 0.2) is 0 Å². The normalized spacial score (nSPS) is 44.2. The maximum atomic E-state index is 6.17. The van der Waals surface area contributed by atoms with Crippen molar-refractivity contribution in [2.75, 3.05) is 13.2 Å². The summed E-state index contributed by atoms with van der Waals surface area (Å²) in [6, 6.07) is 0. The van der Waals surface area contributed by atoms with Crippen LogP contribution in [0.1, 0.15) is 40.5 Å². The van der Waals surface area contributed by atoms with Crippen molar-refractivity contribution in [3.05, 3.63) is 0 Å². The van der Waals surface area contributed by atoms with Gasteiger partial charge in [0.1, 0.15) is 0 Å². The zero-order valence-corrected chi connectivity index (χ0v) is 10.7. The van der Waals surface area contributed by atoms with Crippen molar-refractivity contribution in [1.82, 2.24) is 0 Å². The summed E-state index contributed by atoms with van der Waals surface area (Å²) in [7, 11) is -0.0219. The molecule has 3 nitrogen and oxygen atoms in total. The van der Waals surface area contributed by atoms with Gasteiger partial charge < -0.3 is 14.0 Å². The molecule has 90 valence electrons. The molecule has 0 unspecified atom stereocenters. The first-order valence-electron chi connectivity index (χ1n) is 6.31. The first-order chi connectivity index (χ1) is 7.37. The molecule has 0 radical (unpaired) electrons. The predicted molar refractivity (Wildman–Crippen MR) is 62.3 cm³/mol. The lowest BCUT2D eigenvalue weighted by Crippen LogP contribution is -2.41. The van der Waals surface area contributed by atoms with Gasteiger partial charge in [0.25, 0.3) is 0 Å². The quantitative estimate of drug-likeness (QED) is 0.639. The van der Waals surface area contributed by atoms with E-state index in [9.17, 15) is 0 Å². The second-order valence-corrected chi connectivity index (χ2v) is 6.55. The molecule has 16 heavy (non-hydrogen) atoms. The molecular formula is C12H21BO3. The second-order valence-electron chi connectivity index (χ2n) is 6.55. The van der Waals surface area contributed by atoms with Gasteiger partial charge in [-0.15, -0.1) is 0 Å². The summed E-state index contributed by atoms with van der Waals surface area (Å²) in [5.41, 5.74) is -0.393. The van der Waals surface area contributed by atoms with Crippen molar-refractivity contribution in [1.29, 1.82) is 0 Å². The summed E-state index contributed by atoms with van der Waals surface area (Å²) in [6.45, 7) is 10.3. The van der Waals surface area contributed by atoms with Crippen LogP contribution in [0.2, 0.25) is 5.31 Å². The highest BCUT2D eigenvalue weighted by Gasteiger charge is 2.69. The van der Waals surface area contributed by atoms with E-state index in [0.29, 0.717) is 5.92 Å². The van der Waals surface area contributed by atoms with E-state index >= 15 is 0 Å². The summed E-state index contributed by atoms with van der Waals surface area (Å²) in [4.78, 5) is 0. The highest BCUT2D eigenvalue weighted by Crippen LogP contribution is 2.68. The summed E-state index contributed by atoms with van der Waals surface area (Å²) in [6.07, 6.45) is 2.30. The molecule has 2 aliphatic heterocycles. The van der Waals surface area contributed by atoms with E-state index in [1.165, 1.54) is 6.42 Å². The molecule has 1 saturated carbocycles. The molecule has 1 aliphatic carbocycles. The van der Waals surface area contributed by atoms with Gasteiger partial charge in [0.05, 0.1) is 11.2 Å². The van der Waals surface area contributed by atoms with E-state index < -0.39 is 0 Å². The minimum atomic E-state index is -0.197. The lowest BCUT2D eigenvalue weighted by Gasteiger charge is -2.32. The molecule has 2 atom stereocenters. The van der Waals surface area contributed by atoms with Crippen LogP contribution in [0.4, 0.5) is 0 Å². The number of fused-ring (bicyclic) bond motifs is 1. The van der Waals surface area contributed by atoms with Crippen molar-refractivity contribution in [3.8, 4) is 0 Å². The molecular weight excluding hydrogens is 203 g/mol. The average Bonchev–Trinajstić information content (AvgIpc) is 2.85. The van der Waals surface area contributed by atoms with Crippen molar-refractivity contribution >= 4 is 7.12 Å². The van der Waals surface area contributed by atoms with Crippen LogP contribution < -0.4 is 0 Å². The monoisotopic (exact) mass is 224 g/mol. The fraction of sp³-hybridized carbons (Fsp3) is 1.00. The van der Waals surface area contributed by atoms with E-state index in [0.717, 1.165) is 19.6 Å². The zero-order valence-electron chi connectivity index (χ0n) is 10.7. The average molecular weight is 224 g/mol. The Labute approximate surface area is 98.0 Å². The Hall–Kier alpha value is -0.0551. The first kappa shape index (κ1) is 11.1. The maximum absolute atomic E-state index is 6.17. The van der Waals surface area contributed by atoms with Crippen molar-refractivity contribution in [2.45, 2.75) is 57.1 Å². The third-order valence-electron chi connectivity index (χ3n) is 5.03. The molecule has 2 saturated heterocycles. The van der Waals surface area contributed by atoms with Gasteiger partial charge in [-0.1, -0.05) is 0 Å². The zero-order chi connectivity index (χ0) is 11.6. The van der Waals surface area contributed by atoms with E-state index in [1.807, 2.05) is 0 Å². The highest BCUT2D eigenvalue weighted by molar-refractivity contribution is 6.51. The molecule has 0 aromatic rings. The highest BCUT2D eigenvalue weighted by atomic mass is 16.7. The number of hydrogen-bond acceptors (Lipinski definition) is 3. The summed E-state index contributed by atoms with van der Waals surface area (Å²) in [5.74, 6) is 0.663. The van der Waals surface area contributed by atoms with E-state index in [2.05, 4.69) is 27.7 Å². The van der Waals surface area contributed by atoms with Gasteiger partial charge in [-0.05, 0) is 46.5 Å². The Bertz CT molecular complexity index is 299. The number of rotatable bonds is 1. The molecule has 0 aromatic carbocycles. The molecule has 3 fully saturated rings. The van der Waals surface area contributed by atoms with Crippen LogP contribution in [0.3, 0.4) is 0 Å². The third-order valence-corrected chi connectivity index (χ3v) is 5.03. The maximum Gasteiger partial charge on any atom is 0.464 e. The molecule has 0 N–H and O–H groups in total. The van der Waals surface area contributed by atoms with Gasteiger partial charge in [0.2, 0.25) is 0 Å². The van der Waals surface area contributed by atoms with Crippen LogP contribution in [0.25, 0.3) is 0 Å². The van der Waals surface area contributed by atoms with Gasteiger partial charge in [-0.3, -0.25) is 0 Å². The van der Waals surface area contributed by atoms with E-state index in [1.54, 1.807) is 0 Å². The lowest BCUT2D eigenvalue weighted by molar-refractivity contribution is 0.00578. The Morgan fingerprint density at radius 3 is 2.25 bits per heavy atom. The SMILES string of the molecule is CC1(C)OB([C@@]23CCOC[C@@H]2C3)OC1(C)C. The molecule has 0 amide bonds. The minimum Gasteiger partial charge on any atom is -0.403 e. The molecule has 3 rings (SSSR count). The topological polar surface area (TPSA) is 27.7 Å². The van der Waals surface area contributed by atoms with Crippen LogP contribution in [0, 0.1) is 5.92 Å². The number of hydrogen-bond donors (Lipinski definition) is 0. The smallest absolute Gasteiger partial charge is 0.403 e. The molecule has 3 aliphatic rings. The van der Waals surface area contributed by atoms with Gasteiger partial charge >= 0.3 is 7.12 Å². The predicted octanol–water partition coefficient (Wildman–Crippen LogP) is 2.26. The van der Waals surface area contributed by atoms with Crippen LogP contribution in [-0.4, -0.2) is 31.5 Å². The molecule has 0 spiro atoms. The fourth-order valence-corrected chi connectivity index (χ4v) is 2.90. The lowest BCUT2D eigenvalue weighted by atomic mass is 9.64. The molecule has 4 heteroatoms. The van der Waals surface area contributed by atoms with Gasteiger partial charge in [-0.25, -0.2) is 0 Å². The van der Waals surface area contributed by atoms with Crippen LogP contribution >= 0.6 is 0 Å². The van der Waals surface area contributed by atoms with Crippen LogP contribution in [-0.2, 0) is 14.0 Å². The van der Waals surface area contributed by atoms with Crippen molar-refractivity contribution < 1.29 is 14.0 Å². The Morgan fingerprint density at radius 1 is 1.06 bits per heavy atom. The number of ether oxygens (including phenoxy) is 1. The largest absolute Gasteiger partial charge is 0.464 e. The standard InChI is InChI=1S/C12H21BO3/c1-10(2)11(3,4)16-13(15-10)12-5-6-14-8-9(12)7-12/h9H,5-8H2,1-4H3/t9-,12+/m0/s1. The molecule has 0 bridgehead atoms. The van der Waals surface area contributed by atoms with Gasteiger partial charge in [0.15, 0.2) is 0 Å². The summed E-state index contributed by atoms with van der Waals surface area (Å²) in [5, 5.41) is 0.267. The van der Waals surface area contributed by atoms with Crippen molar-refractivity contribution in [2.24, 2.45) is 5.92 Å². The third kappa shape index (κ3) is 1.33. The summed E-state index contributed by atoms with van der Waals surface area (Å²) >= 11 is 0. The molecule has 0 aromatic heterocycles. The second kappa shape index (κ2) is 3.03. The Balaban J connectivity index is 1.79. The first-order valence-corrected chi connectivity index (χ1v) is 6.31. The summed E-state index contributed by atoms with van der Waals surface area (Å²) < 4.78 is 17.8. The van der Waals surface area contributed by atoms with Gasteiger partial charge in [-0.2, -0.15) is 0 Å². The van der Waals surface area contributed by atoms with Gasteiger partial charge in [0, 0.05) is 18.5 Å².